The zero-order valence-corrected chi connectivity index (χ0v) is 28.4. The maximum absolute atomic E-state index is 7.13. The Morgan fingerprint density at radius 3 is 1.60 bits per heavy atom. The van der Waals surface area contributed by atoms with Gasteiger partial charge in [0.25, 0.3) is 0 Å². The lowest BCUT2D eigenvalue weighted by atomic mass is 9.94. The zero-order chi connectivity index (χ0) is 34.4. The molecule has 0 N–H and O–H groups in total. The first kappa shape index (κ1) is 30.0. The lowest BCUT2D eigenvalue weighted by molar-refractivity contribution is 0.674. The summed E-state index contributed by atoms with van der Waals surface area (Å²) in [5.74, 6) is 0. The second-order valence-electron chi connectivity index (χ2n) is 13.3. The van der Waals surface area contributed by atoms with Gasteiger partial charge in [0.1, 0.15) is 11.2 Å². The molecule has 0 fully saturated rings. The Labute approximate surface area is 302 Å². The van der Waals surface area contributed by atoms with Gasteiger partial charge in [-0.1, -0.05) is 158 Å². The average molecular weight is 664 g/mol. The van der Waals surface area contributed by atoms with Gasteiger partial charge in [-0.3, -0.25) is 0 Å². The Bertz CT molecular complexity index is 2870. The SMILES string of the molecule is c1ccc(-c2ccc(N(c3ccc4ccccc4c3)c3ccc(-c4ccccc4)c4oc5c6ccccc6c(-c6ccccc6)cc5c34)cc2)cc1. The summed E-state index contributed by atoms with van der Waals surface area (Å²) in [4.78, 5) is 2.39. The molecule has 0 atom stereocenters. The van der Waals surface area contributed by atoms with E-state index < -0.39 is 0 Å². The summed E-state index contributed by atoms with van der Waals surface area (Å²) >= 11 is 0. The second kappa shape index (κ2) is 12.5. The third kappa shape index (κ3) is 5.04. The van der Waals surface area contributed by atoms with E-state index in [2.05, 4.69) is 205 Å². The van der Waals surface area contributed by atoms with Crippen LogP contribution in [0, 0.1) is 0 Å². The third-order valence-electron chi connectivity index (χ3n) is 10.2. The van der Waals surface area contributed by atoms with Gasteiger partial charge in [0, 0.05) is 27.7 Å². The largest absolute Gasteiger partial charge is 0.455 e. The van der Waals surface area contributed by atoms with E-state index in [9.17, 15) is 0 Å². The maximum Gasteiger partial charge on any atom is 0.145 e. The monoisotopic (exact) mass is 663 g/mol. The Morgan fingerprint density at radius 1 is 0.327 bits per heavy atom. The highest BCUT2D eigenvalue weighted by molar-refractivity contribution is 6.24. The van der Waals surface area contributed by atoms with Crippen molar-refractivity contribution in [2.24, 2.45) is 0 Å². The summed E-state index contributed by atoms with van der Waals surface area (Å²) in [5.41, 5.74) is 11.9. The molecule has 0 saturated carbocycles. The highest BCUT2D eigenvalue weighted by Crippen LogP contribution is 2.49. The van der Waals surface area contributed by atoms with Crippen molar-refractivity contribution in [2.75, 3.05) is 4.90 Å². The molecule has 52 heavy (non-hydrogen) atoms. The Morgan fingerprint density at radius 2 is 0.885 bits per heavy atom. The molecule has 0 spiro atoms. The van der Waals surface area contributed by atoms with Gasteiger partial charge in [-0.2, -0.15) is 0 Å². The third-order valence-corrected chi connectivity index (χ3v) is 10.2. The molecule has 9 aromatic carbocycles. The van der Waals surface area contributed by atoms with Crippen LogP contribution >= 0.6 is 0 Å². The van der Waals surface area contributed by atoms with Crippen LogP contribution < -0.4 is 4.90 Å². The van der Waals surface area contributed by atoms with E-state index in [0.29, 0.717) is 0 Å². The van der Waals surface area contributed by atoms with Crippen LogP contribution in [0.2, 0.25) is 0 Å². The van der Waals surface area contributed by atoms with Gasteiger partial charge in [0.2, 0.25) is 0 Å². The molecule has 1 aromatic heterocycles. The standard InChI is InChI=1S/C50H33NO/c1-4-14-34(15-5-1)36-24-27-40(28-25-36)51(41-29-26-35-16-10-11-21-39(35)32-41)47-31-30-42(37-17-6-2-7-18-37)50-48(47)46-33-45(38-19-8-3-9-20-38)43-22-12-13-23-44(43)49(46)52-50/h1-33H. The van der Waals surface area contributed by atoms with Gasteiger partial charge >= 0.3 is 0 Å². The molecule has 0 amide bonds. The van der Waals surface area contributed by atoms with Crippen LogP contribution in [0.1, 0.15) is 0 Å². The van der Waals surface area contributed by atoms with Gasteiger partial charge in [0.15, 0.2) is 0 Å². The summed E-state index contributed by atoms with van der Waals surface area (Å²) in [7, 11) is 0. The van der Waals surface area contributed by atoms with E-state index in [1.807, 2.05) is 0 Å². The number of fused-ring (bicyclic) bond motifs is 6. The highest BCUT2D eigenvalue weighted by atomic mass is 16.3. The molecule has 0 aliphatic rings. The van der Waals surface area contributed by atoms with Gasteiger partial charge in [-0.05, 0) is 86.4 Å². The molecule has 0 saturated heterocycles. The lowest BCUT2D eigenvalue weighted by Crippen LogP contribution is -2.10. The molecular weight excluding hydrogens is 631 g/mol. The minimum absolute atomic E-state index is 0.876. The smallest absolute Gasteiger partial charge is 0.145 e. The molecule has 2 nitrogen and oxygen atoms in total. The van der Waals surface area contributed by atoms with Crippen LogP contribution in [0.15, 0.2) is 205 Å². The molecule has 0 bridgehead atoms. The van der Waals surface area contributed by atoms with Crippen LogP contribution in [0.4, 0.5) is 17.1 Å². The average Bonchev–Trinajstić information content (AvgIpc) is 3.62. The minimum Gasteiger partial charge on any atom is -0.455 e. The fourth-order valence-electron chi connectivity index (χ4n) is 7.75. The maximum atomic E-state index is 7.13. The van der Waals surface area contributed by atoms with Crippen LogP contribution in [-0.4, -0.2) is 0 Å². The van der Waals surface area contributed by atoms with Gasteiger partial charge in [-0.25, -0.2) is 0 Å². The van der Waals surface area contributed by atoms with E-state index in [1.54, 1.807) is 0 Å². The van der Waals surface area contributed by atoms with Crippen molar-refractivity contribution in [3.05, 3.63) is 200 Å². The molecule has 10 aromatic rings. The van der Waals surface area contributed by atoms with Gasteiger partial charge in [0.05, 0.1) is 11.1 Å². The van der Waals surface area contributed by atoms with E-state index >= 15 is 0 Å². The molecule has 1 heterocycles. The fraction of sp³-hybridized carbons (Fsp3) is 0. The number of nitrogens with zero attached hydrogens (tertiary/aromatic N) is 1. The van der Waals surface area contributed by atoms with E-state index in [1.165, 1.54) is 38.4 Å². The Hall–Kier alpha value is -6.90. The number of rotatable bonds is 6. The summed E-state index contributed by atoms with van der Waals surface area (Å²) in [6.07, 6.45) is 0. The van der Waals surface area contributed by atoms with Crippen LogP contribution in [-0.2, 0) is 0 Å². The van der Waals surface area contributed by atoms with Crippen LogP contribution in [0.25, 0.3) is 76.9 Å². The molecule has 0 radical (unpaired) electrons. The fourth-order valence-corrected chi connectivity index (χ4v) is 7.75. The predicted molar refractivity (Wildman–Crippen MR) is 220 cm³/mol. The quantitative estimate of drug-likeness (QED) is 0.176. The number of anilines is 3. The van der Waals surface area contributed by atoms with Gasteiger partial charge < -0.3 is 9.32 Å². The molecule has 2 heteroatoms. The minimum atomic E-state index is 0.876. The Kier molecular flexibility index (Phi) is 7.18. The van der Waals surface area contributed by atoms with E-state index in [0.717, 1.165) is 55.5 Å². The van der Waals surface area contributed by atoms with Crippen molar-refractivity contribution < 1.29 is 4.42 Å². The topological polar surface area (TPSA) is 16.4 Å². The summed E-state index contributed by atoms with van der Waals surface area (Å²) in [6.45, 7) is 0. The van der Waals surface area contributed by atoms with E-state index in [4.69, 9.17) is 4.42 Å². The molecular formula is C50H33NO. The zero-order valence-electron chi connectivity index (χ0n) is 28.4. The van der Waals surface area contributed by atoms with Crippen molar-refractivity contribution in [3.63, 3.8) is 0 Å². The number of hydrogen-bond donors (Lipinski definition) is 0. The van der Waals surface area contributed by atoms with Crippen molar-refractivity contribution in [2.45, 2.75) is 0 Å². The summed E-state index contributed by atoms with van der Waals surface area (Å²) < 4.78 is 7.13. The van der Waals surface area contributed by atoms with Crippen LogP contribution in [0.3, 0.4) is 0 Å². The molecule has 0 unspecified atom stereocenters. The summed E-state index contributed by atoms with van der Waals surface area (Å²) in [5, 5.41) is 6.85. The van der Waals surface area contributed by atoms with E-state index in [-0.39, 0.29) is 0 Å². The second-order valence-corrected chi connectivity index (χ2v) is 13.3. The molecule has 10 rings (SSSR count). The number of hydrogen-bond acceptors (Lipinski definition) is 2. The van der Waals surface area contributed by atoms with Crippen molar-refractivity contribution in [1.29, 1.82) is 0 Å². The van der Waals surface area contributed by atoms with Crippen molar-refractivity contribution in [1.82, 2.24) is 0 Å². The molecule has 0 aliphatic heterocycles. The van der Waals surface area contributed by atoms with Gasteiger partial charge in [-0.15, -0.1) is 0 Å². The first-order valence-corrected chi connectivity index (χ1v) is 17.8. The number of furan rings is 1. The molecule has 0 aliphatic carbocycles. The first-order valence-electron chi connectivity index (χ1n) is 17.8. The lowest BCUT2D eigenvalue weighted by Gasteiger charge is -2.27. The predicted octanol–water partition coefficient (Wildman–Crippen LogP) is 14.4. The normalized spacial score (nSPS) is 11.5. The van der Waals surface area contributed by atoms with Crippen LogP contribution in [0.5, 0.6) is 0 Å². The highest BCUT2D eigenvalue weighted by Gasteiger charge is 2.24. The first-order chi connectivity index (χ1) is 25.8. The molecule has 244 valence electrons. The summed E-state index contributed by atoms with van der Waals surface area (Å²) in [6, 6.07) is 71.5. The number of benzene rings is 9. The van der Waals surface area contributed by atoms with Crippen molar-refractivity contribution >= 4 is 60.5 Å². The Balaban J connectivity index is 1.30. The van der Waals surface area contributed by atoms with Crippen molar-refractivity contribution in [3.8, 4) is 33.4 Å².